The fraction of sp³-hybridized carbons (Fsp3) is 0.844. The van der Waals surface area contributed by atoms with E-state index in [1.807, 2.05) is 0 Å². The van der Waals surface area contributed by atoms with Crippen LogP contribution in [0.3, 0.4) is 0 Å². The van der Waals surface area contributed by atoms with E-state index >= 15 is 0 Å². The third kappa shape index (κ3) is 30.7. The second kappa shape index (κ2) is 29.5. The van der Waals surface area contributed by atoms with Gasteiger partial charge >= 0.3 is 11.9 Å². The van der Waals surface area contributed by atoms with Crippen LogP contribution in [0.4, 0.5) is 0 Å². The number of ketones is 1. The molecule has 0 rings (SSSR count). The number of Topliss-reactive ketones (excluding diaryl/α,β-unsaturated/α-hetero) is 1. The number of carbonyl (C=O) groups is 5. The highest BCUT2D eigenvalue weighted by atomic mass is 16.5. The molecule has 43 heavy (non-hydrogen) atoms. The Balaban J connectivity index is 3.78. The first-order chi connectivity index (χ1) is 20.7. The number of rotatable bonds is 32. The van der Waals surface area contributed by atoms with Crippen LogP contribution < -0.4 is 10.6 Å². The summed E-state index contributed by atoms with van der Waals surface area (Å²) in [6.45, 7) is 2.47. The molecule has 0 radical (unpaired) electrons. The van der Waals surface area contributed by atoms with Crippen molar-refractivity contribution in [1.82, 2.24) is 10.6 Å². The molecule has 0 saturated heterocycles. The van der Waals surface area contributed by atoms with Gasteiger partial charge in [0.15, 0.2) is 5.78 Å². The lowest BCUT2D eigenvalue weighted by Gasteiger charge is -2.18. The number of nitrogens with one attached hydrogen (secondary N) is 2. The molecule has 4 N–H and O–H groups in total. The number of carbonyl (C=O) groups excluding carboxylic acids is 3. The van der Waals surface area contributed by atoms with E-state index in [0.717, 1.165) is 44.9 Å². The third-order valence-electron chi connectivity index (χ3n) is 7.07. The standard InChI is InChI=1S/C32H58N2O9/c1-27(35)26-43-25-24-42-23-22-33-32(41)28(20-21-31(39)40)34-29(36)18-16-14-12-10-8-6-4-2-3-5-7-9-11-13-15-17-19-30(37)38/h28H,2-26H2,1H3,(H,33,41)(H,34,36)(H,37,38)(H,39,40)/t28-/m0/s1. The average molecular weight is 615 g/mol. The molecule has 0 bridgehead atoms. The van der Waals surface area contributed by atoms with Gasteiger partial charge in [-0.1, -0.05) is 89.9 Å². The van der Waals surface area contributed by atoms with E-state index in [9.17, 15) is 24.0 Å². The Morgan fingerprint density at radius 3 is 1.49 bits per heavy atom. The smallest absolute Gasteiger partial charge is 0.303 e. The molecule has 0 saturated carbocycles. The van der Waals surface area contributed by atoms with Crippen molar-refractivity contribution in [3.63, 3.8) is 0 Å². The molecular weight excluding hydrogens is 556 g/mol. The van der Waals surface area contributed by atoms with Gasteiger partial charge in [-0.2, -0.15) is 0 Å². The number of aliphatic carboxylic acids is 2. The van der Waals surface area contributed by atoms with Gasteiger partial charge in [0, 0.05) is 25.8 Å². The van der Waals surface area contributed by atoms with E-state index in [0.29, 0.717) is 12.8 Å². The molecule has 0 unspecified atom stereocenters. The van der Waals surface area contributed by atoms with E-state index in [1.165, 1.54) is 64.7 Å². The summed E-state index contributed by atoms with van der Waals surface area (Å²) in [6.07, 6.45) is 18.5. The van der Waals surface area contributed by atoms with Crippen molar-refractivity contribution >= 4 is 29.5 Å². The minimum Gasteiger partial charge on any atom is -0.481 e. The van der Waals surface area contributed by atoms with Gasteiger partial charge < -0.3 is 30.3 Å². The first-order valence-electron chi connectivity index (χ1n) is 16.4. The van der Waals surface area contributed by atoms with Crippen molar-refractivity contribution in [2.75, 3.05) is 33.0 Å². The molecule has 0 spiro atoms. The monoisotopic (exact) mass is 614 g/mol. The molecule has 0 aliphatic carbocycles. The van der Waals surface area contributed by atoms with Gasteiger partial charge in [-0.25, -0.2) is 0 Å². The molecular formula is C32H58N2O9. The zero-order valence-corrected chi connectivity index (χ0v) is 26.5. The number of hydrogen-bond acceptors (Lipinski definition) is 7. The van der Waals surface area contributed by atoms with Gasteiger partial charge in [0.1, 0.15) is 12.6 Å². The Morgan fingerprint density at radius 1 is 0.581 bits per heavy atom. The number of amides is 2. The summed E-state index contributed by atoms with van der Waals surface area (Å²) in [5, 5.41) is 23.0. The third-order valence-corrected chi connectivity index (χ3v) is 7.07. The maximum absolute atomic E-state index is 12.5. The molecule has 0 aromatic carbocycles. The Kier molecular flexibility index (Phi) is 27.8. The van der Waals surface area contributed by atoms with Crippen LogP contribution in [-0.2, 0) is 33.4 Å². The molecule has 0 heterocycles. The summed E-state index contributed by atoms with van der Waals surface area (Å²) in [5.41, 5.74) is 0. The zero-order valence-electron chi connectivity index (χ0n) is 26.5. The highest BCUT2D eigenvalue weighted by Crippen LogP contribution is 2.14. The summed E-state index contributed by atoms with van der Waals surface area (Å²) in [7, 11) is 0. The predicted molar refractivity (Wildman–Crippen MR) is 165 cm³/mol. The van der Waals surface area contributed by atoms with Crippen LogP contribution in [0, 0.1) is 0 Å². The van der Waals surface area contributed by atoms with Crippen molar-refractivity contribution in [2.24, 2.45) is 0 Å². The van der Waals surface area contributed by atoms with Crippen molar-refractivity contribution in [3.05, 3.63) is 0 Å². The summed E-state index contributed by atoms with van der Waals surface area (Å²) in [5.74, 6) is -2.47. The van der Waals surface area contributed by atoms with Gasteiger partial charge in [-0.15, -0.1) is 0 Å². The van der Waals surface area contributed by atoms with Crippen molar-refractivity contribution in [2.45, 2.75) is 141 Å². The molecule has 11 heteroatoms. The topological polar surface area (TPSA) is 168 Å². The van der Waals surface area contributed by atoms with Crippen LogP contribution in [0.1, 0.15) is 135 Å². The maximum Gasteiger partial charge on any atom is 0.303 e. The molecule has 0 aromatic heterocycles. The van der Waals surface area contributed by atoms with E-state index in [4.69, 9.17) is 19.7 Å². The minimum absolute atomic E-state index is 0.0167. The Morgan fingerprint density at radius 2 is 1.02 bits per heavy atom. The highest BCUT2D eigenvalue weighted by Gasteiger charge is 2.21. The van der Waals surface area contributed by atoms with Gasteiger partial charge in [0.2, 0.25) is 11.8 Å². The molecule has 0 aliphatic heterocycles. The molecule has 0 fully saturated rings. The molecule has 1 atom stereocenters. The second-order valence-electron chi connectivity index (χ2n) is 11.3. The Labute approximate surface area is 258 Å². The van der Waals surface area contributed by atoms with E-state index < -0.39 is 23.9 Å². The molecule has 250 valence electrons. The summed E-state index contributed by atoms with van der Waals surface area (Å²) < 4.78 is 10.4. The molecule has 0 aromatic rings. The van der Waals surface area contributed by atoms with E-state index in [1.54, 1.807) is 0 Å². The summed E-state index contributed by atoms with van der Waals surface area (Å²) >= 11 is 0. The van der Waals surface area contributed by atoms with Crippen LogP contribution in [0.5, 0.6) is 0 Å². The Hall–Kier alpha value is -2.53. The largest absolute Gasteiger partial charge is 0.481 e. The quantitative estimate of drug-likeness (QED) is 0.0746. The van der Waals surface area contributed by atoms with Crippen LogP contribution in [0.15, 0.2) is 0 Å². The Bertz CT molecular complexity index is 761. The lowest BCUT2D eigenvalue weighted by atomic mass is 10.0. The fourth-order valence-electron chi connectivity index (χ4n) is 4.65. The van der Waals surface area contributed by atoms with Crippen LogP contribution >= 0.6 is 0 Å². The summed E-state index contributed by atoms with van der Waals surface area (Å²) in [6, 6.07) is -0.905. The van der Waals surface area contributed by atoms with E-state index in [-0.39, 0.29) is 57.5 Å². The van der Waals surface area contributed by atoms with Crippen LogP contribution in [0.2, 0.25) is 0 Å². The van der Waals surface area contributed by atoms with Crippen molar-refractivity contribution in [3.8, 4) is 0 Å². The minimum atomic E-state index is -1.03. The number of unbranched alkanes of at least 4 members (excludes halogenated alkanes) is 15. The lowest BCUT2D eigenvalue weighted by molar-refractivity contribution is -0.138. The molecule has 11 nitrogen and oxygen atoms in total. The highest BCUT2D eigenvalue weighted by molar-refractivity contribution is 5.88. The van der Waals surface area contributed by atoms with Crippen molar-refractivity contribution in [1.29, 1.82) is 0 Å². The summed E-state index contributed by atoms with van der Waals surface area (Å²) in [4.78, 5) is 57.2. The number of ether oxygens (including phenoxy) is 2. The number of hydrogen-bond donors (Lipinski definition) is 4. The van der Waals surface area contributed by atoms with E-state index in [2.05, 4.69) is 10.6 Å². The number of carboxylic acids is 2. The first kappa shape index (κ1) is 40.5. The maximum atomic E-state index is 12.5. The number of carboxylic acid groups (broad SMARTS) is 2. The van der Waals surface area contributed by atoms with Gasteiger partial charge in [-0.05, 0) is 26.2 Å². The average Bonchev–Trinajstić information content (AvgIpc) is 2.95. The van der Waals surface area contributed by atoms with Crippen LogP contribution in [-0.4, -0.2) is 78.8 Å². The van der Waals surface area contributed by atoms with Gasteiger partial charge in [-0.3, -0.25) is 24.0 Å². The zero-order chi connectivity index (χ0) is 32.0. The second-order valence-corrected chi connectivity index (χ2v) is 11.3. The predicted octanol–water partition coefficient (Wildman–Crippen LogP) is 5.18. The fourth-order valence-corrected chi connectivity index (χ4v) is 4.65. The van der Waals surface area contributed by atoms with Gasteiger partial charge in [0.25, 0.3) is 0 Å². The van der Waals surface area contributed by atoms with Gasteiger partial charge in [0.05, 0.1) is 19.8 Å². The SMILES string of the molecule is CC(=O)COCCOCCNC(=O)[C@H](CCC(=O)O)NC(=O)CCCCCCCCCCCCCCCCCCC(=O)O. The molecule has 2 amide bonds. The lowest BCUT2D eigenvalue weighted by Crippen LogP contribution is -2.47. The molecule has 0 aliphatic rings. The van der Waals surface area contributed by atoms with Crippen molar-refractivity contribution < 1.29 is 43.7 Å². The normalized spacial score (nSPS) is 11.7. The van der Waals surface area contributed by atoms with Crippen LogP contribution in [0.25, 0.3) is 0 Å². The first-order valence-corrected chi connectivity index (χ1v) is 16.4.